The number of anilines is 1. The largest absolute Gasteiger partial charge is 0.387 e. The van der Waals surface area contributed by atoms with E-state index in [4.69, 9.17) is 16.6 Å². The number of aromatic nitrogens is 1. The number of piperazine rings is 1. The third-order valence-corrected chi connectivity index (χ3v) is 5.91. The van der Waals surface area contributed by atoms with Gasteiger partial charge in [0.05, 0.1) is 16.3 Å². The molecule has 2 aromatic carbocycles. The summed E-state index contributed by atoms with van der Waals surface area (Å²) in [5.41, 5.74) is 1.99. The highest BCUT2D eigenvalue weighted by Gasteiger charge is 2.22. The van der Waals surface area contributed by atoms with Crippen molar-refractivity contribution in [1.82, 2.24) is 9.88 Å². The van der Waals surface area contributed by atoms with Crippen LogP contribution in [0.4, 0.5) is 5.13 Å². The third kappa shape index (κ3) is 3.80. The standard InChI is InChI=1S/C19H20ClN3OS/c20-15-6-7-16-18(12-15)25-19(21-16)23-10-8-22(9-11-23)13-17(24)14-4-2-1-3-5-14/h1-7,12,17,24H,8-11,13H2/t17-/m1/s1. The minimum atomic E-state index is -0.433. The first-order chi connectivity index (χ1) is 12.2. The molecule has 0 amide bonds. The third-order valence-electron chi connectivity index (χ3n) is 4.60. The molecular formula is C19H20ClN3OS. The van der Waals surface area contributed by atoms with E-state index < -0.39 is 6.10 Å². The smallest absolute Gasteiger partial charge is 0.186 e. The van der Waals surface area contributed by atoms with E-state index >= 15 is 0 Å². The zero-order valence-corrected chi connectivity index (χ0v) is 15.4. The molecule has 1 aromatic heterocycles. The van der Waals surface area contributed by atoms with Gasteiger partial charge in [-0.2, -0.15) is 0 Å². The summed E-state index contributed by atoms with van der Waals surface area (Å²) in [5.74, 6) is 0. The second-order valence-electron chi connectivity index (χ2n) is 6.32. The second-order valence-corrected chi connectivity index (χ2v) is 7.77. The van der Waals surface area contributed by atoms with Gasteiger partial charge in [0, 0.05) is 37.7 Å². The monoisotopic (exact) mass is 373 g/mol. The Kier molecular flexibility index (Phi) is 4.90. The van der Waals surface area contributed by atoms with Gasteiger partial charge in [0.25, 0.3) is 0 Å². The summed E-state index contributed by atoms with van der Waals surface area (Å²) >= 11 is 7.76. The number of benzene rings is 2. The number of fused-ring (bicyclic) bond motifs is 1. The van der Waals surface area contributed by atoms with Gasteiger partial charge in [0.15, 0.2) is 5.13 Å². The number of β-amino-alcohol motifs (C(OH)–C–C–N with tert-alkyl or cyclic N) is 1. The van der Waals surface area contributed by atoms with Crippen LogP contribution >= 0.6 is 22.9 Å². The van der Waals surface area contributed by atoms with Crippen LogP contribution in [0.1, 0.15) is 11.7 Å². The number of aliphatic hydroxyl groups is 1. The molecule has 1 atom stereocenters. The fourth-order valence-electron chi connectivity index (χ4n) is 3.17. The van der Waals surface area contributed by atoms with Gasteiger partial charge in [-0.15, -0.1) is 0 Å². The van der Waals surface area contributed by atoms with Crippen molar-refractivity contribution in [2.24, 2.45) is 0 Å². The number of rotatable bonds is 4. The van der Waals surface area contributed by atoms with Crippen LogP contribution in [0.15, 0.2) is 48.5 Å². The van der Waals surface area contributed by atoms with Gasteiger partial charge in [-0.1, -0.05) is 53.3 Å². The number of thiazole rings is 1. The summed E-state index contributed by atoms with van der Waals surface area (Å²) in [6, 6.07) is 15.7. The van der Waals surface area contributed by atoms with Crippen molar-refractivity contribution < 1.29 is 5.11 Å². The van der Waals surface area contributed by atoms with Crippen LogP contribution < -0.4 is 4.90 Å². The molecule has 4 nitrogen and oxygen atoms in total. The average Bonchev–Trinajstić information content (AvgIpc) is 3.06. The predicted molar refractivity (Wildman–Crippen MR) is 105 cm³/mol. The normalized spacial score (nSPS) is 17.1. The van der Waals surface area contributed by atoms with E-state index in [1.165, 1.54) is 0 Å². The molecule has 1 saturated heterocycles. The molecule has 0 spiro atoms. The van der Waals surface area contributed by atoms with Gasteiger partial charge in [-0.05, 0) is 23.8 Å². The minimum absolute atomic E-state index is 0.433. The lowest BCUT2D eigenvalue weighted by Gasteiger charge is -2.35. The number of halogens is 1. The Morgan fingerprint density at radius 3 is 2.60 bits per heavy atom. The zero-order chi connectivity index (χ0) is 17.2. The fourth-order valence-corrected chi connectivity index (χ4v) is 4.46. The van der Waals surface area contributed by atoms with Crippen LogP contribution in [-0.2, 0) is 0 Å². The van der Waals surface area contributed by atoms with E-state index in [9.17, 15) is 5.11 Å². The molecule has 1 fully saturated rings. The first-order valence-corrected chi connectivity index (χ1v) is 9.65. The predicted octanol–water partition coefficient (Wildman–Crippen LogP) is 3.81. The van der Waals surface area contributed by atoms with E-state index in [1.54, 1.807) is 11.3 Å². The molecule has 0 unspecified atom stereocenters. The Morgan fingerprint density at radius 2 is 1.84 bits per heavy atom. The number of hydrogen-bond acceptors (Lipinski definition) is 5. The molecule has 0 aliphatic carbocycles. The summed E-state index contributed by atoms with van der Waals surface area (Å²) in [6.45, 7) is 4.39. The molecule has 1 N–H and O–H groups in total. The quantitative estimate of drug-likeness (QED) is 0.755. The van der Waals surface area contributed by atoms with Gasteiger partial charge < -0.3 is 10.0 Å². The highest BCUT2D eigenvalue weighted by Crippen LogP contribution is 2.31. The van der Waals surface area contributed by atoms with Crippen molar-refractivity contribution in [1.29, 1.82) is 0 Å². The molecule has 3 aromatic rings. The summed E-state index contributed by atoms with van der Waals surface area (Å²) < 4.78 is 1.13. The van der Waals surface area contributed by atoms with E-state index in [0.29, 0.717) is 6.54 Å². The molecule has 0 saturated carbocycles. The molecule has 1 aliphatic rings. The van der Waals surface area contributed by atoms with Gasteiger partial charge in [-0.25, -0.2) is 4.98 Å². The Bertz CT molecular complexity index is 846. The van der Waals surface area contributed by atoms with Crippen molar-refractivity contribution in [2.75, 3.05) is 37.6 Å². The number of aliphatic hydroxyl groups excluding tert-OH is 1. The van der Waals surface area contributed by atoms with Crippen LogP contribution in [0.25, 0.3) is 10.2 Å². The lowest BCUT2D eigenvalue weighted by atomic mass is 10.1. The molecule has 25 heavy (non-hydrogen) atoms. The molecular weight excluding hydrogens is 354 g/mol. The van der Waals surface area contributed by atoms with E-state index in [-0.39, 0.29) is 0 Å². The summed E-state index contributed by atoms with van der Waals surface area (Å²) in [5, 5.41) is 12.2. The SMILES string of the molecule is O[C@H](CN1CCN(c2nc3ccc(Cl)cc3s2)CC1)c1ccccc1. The van der Waals surface area contributed by atoms with Crippen LogP contribution in [0.2, 0.25) is 5.02 Å². The maximum Gasteiger partial charge on any atom is 0.186 e. The lowest BCUT2D eigenvalue weighted by molar-refractivity contribution is 0.109. The fraction of sp³-hybridized carbons (Fsp3) is 0.316. The van der Waals surface area contributed by atoms with Gasteiger partial charge in [0.1, 0.15) is 0 Å². The van der Waals surface area contributed by atoms with E-state index in [1.807, 2.05) is 48.5 Å². The van der Waals surface area contributed by atoms with Gasteiger partial charge in [0.2, 0.25) is 0 Å². The highest BCUT2D eigenvalue weighted by atomic mass is 35.5. The topological polar surface area (TPSA) is 39.6 Å². The number of hydrogen-bond donors (Lipinski definition) is 1. The Hall–Kier alpha value is -1.66. The maximum atomic E-state index is 10.4. The zero-order valence-electron chi connectivity index (χ0n) is 13.8. The molecule has 6 heteroatoms. The summed E-state index contributed by atoms with van der Waals surface area (Å²) in [4.78, 5) is 9.37. The molecule has 2 heterocycles. The average molecular weight is 374 g/mol. The molecule has 4 rings (SSSR count). The first-order valence-electron chi connectivity index (χ1n) is 8.45. The Morgan fingerprint density at radius 1 is 1.08 bits per heavy atom. The Balaban J connectivity index is 1.37. The van der Waals surface area contributed by atoms with Crippen molar-refractivity contribution in [2.45, 2.75) is 6.10 Å². The lowest BCUT2D eigenvalue weighted by Crippen LogP contribution is -2.47. The molecule has 0 bridgehead atoms. The van der Waals surface area contributed by atoms with E-state index in [2.05, 4.69) is 9.80 Å². The molecule has 0 radical (unpaired) electrons. The van der Waals surface area contributed by atoms with Crippen LogP contribution in [0, 0.1) is 0 Å². The van der Waals surface area contributed by atoms with E-state index in [0.717, 1.165) is 52.1 Å². The second kappa shape index (κ2) is 7.30. The van der Waals surface area contributed by atoms with Crippen molar-refractivity contribution >= 4 is 38.3 Å². The minimum Gasteiger partial charge on any atom is -0.387 e. The van der Waals surface area contributed by atoms with Crippen molar-refractivity contribution in [3.8, 4) is 0 Å². The Labute approximate surface area is 156 Å². The summed E-state index contributed by atoms with van der Waals surface area (Å²) in [6.07, 6.45) is -0.433. The van der Waals surface area contributed by atoms with Crippen molar-refractivity contribution in [3.63, 3.8) is 0 Å². The molecule has 130 valence electrons. The maximum absolute atomic E-state index is 10.4. The molecule has 1 aliphatic heterocycles. The van der Waals surface area contributed by atoms with Crippen LogP contribution in [0.5, 0.6) is 0 Å². The highest BCUT2D eigenvalue weighted by molar-refractivity contribution is 7.22. The first kappa shape index (κ1) is 16.8. The summed E-state index contributed by atoms with van der Waals surface area (Å²) in [7, 11) is 0. The van der Waals surface area contributed by atoms with Crippen molar-refractivity contribution in [3.05, 3.63) is 59.1 Å². The van der Waals surface area contributed by atoms with Gasteiger partial charge >= 0.3 is 0 Å². The van der Waals surface area contributed by atoms with Crippen LogP contribution in [-0.4, -0.2) is 47.7 Å². The van der Waals surface area contributed by atoms with Gasteiger partial charge in [-0.3, -0.25) is 4.90 Å². The van der Waals surface area contributed by atoms with Crippen LogP contribution in [0.3, 0.4) is 0 Å². The number of nitrogens with zero attached hydrogens (tertiary/aromatic N) is 3.